The third-order valence-electron chi connectivity index (χ3n) is 7.00. The number of nitrogens with one attached hydrogen (secondary N) is 1. The molecule has 0 radical (unpaired) electrons. The normalized spacial score (nSPS) is 17.9. The van der Waals surface area contributed by atoms with E-state index < -0.39 is 5.51 Å². The van der Waals surface area contributed by atoms with Crippen LogP contribution in [0.2, 0.25) is 0 Å². The van der Waals surface area contributed by atoms with Gasteiger partial charge in [0.15, 0.2) is 0 Å². The molecule has 9 heteroatoms. The van der Waals surface area contributed by atoms with Crippen molar-refractivity contribution in [2.75, 3.05) is 55.6 Å². The summed E-state index contributed by atoms with van der Waals surface area (Å²) in [6.07, 6.45) is 3.07. The zero-order valence-corrected chi connectivity index (χ0v) is 21.6. The van der Waals surface area contributed by atoms with Crippen LogP contribution in [0.3, 0.4) is 0 Å². The van der Waals surface area contributed by atoms with E-state index in [4.69, 9.17) is 0 Å². The lowest BCUT2D eigenvalue weighted by molar-refractivity contribution is -0.122. The molecule has 0 unspecified atom stereocenters. The first-order valence-corrected chi connectivity index (χ1v) is 13.5. The molecule has 0 spiro atoms. The minimum Gasteiger partial charge on any atom is -0.371 e. The number of aryl methyl sites for hydroxylation is 1. The summed E-state index contributed by atoms with van der Waals surface area (Å²) in [5, 5.41) is 3.18. The van der Waals surface area contributed by atoms with Crippen LogP contribution in [0, 0.1) is 6.92 Å². The van der Waals surface area contributed by atoms with Crippen LogP contribution in [-0.4, -0.2) is 68.2 Å². The fourth-order valence-corrected chi connectivity index (χ4v) is 5.57. The molecule has 0 aliphatic carbocycles. The average Bonchev–Trinajstić information content (AvgIpc) is 2.85. The Balaban J connectivity index is 1.11. The summed E-state index contributed by atoms with van der Waals surface area (Å²) >= 11 is -0.0929. The van der Waals surface area contributed by atoms with E-state index in [2.05, 4.69) is 51.2 Å². The average molecular weight is 521 g/mol. The van der Waals surface area contributed by atoms with Crippen LogP contribution in [0.1, 0.15) is 31.2 Å². The molecule has 2 fully saturated rings. The van der Waals surface area contributed by atoms with E-state index in [0.29, 0.717) is 6.42 Å². The number of halogens is 3. The van der Waals surface area contributed by atoms with Crippen molar-refractivity contribution in [3.05, 3.63) is 54.1 Å². The Hall–Kier alpha value is -2.39. The Labute approximate surface area is 216 Å². The van der Waals surface area contributed by atoms with Crippen LogP contribution in [0.4, 0.5) is 24.5 Å². The largest absolute Gasteiger partial charge is 0.446 e. The fourth-order valence-electron chi connectivity index (χ4n) is 5.03. The molecule has 2 aromatic rings. The minimum absolute atomic E-state index is 0.0929. The van der Waals surface area contributed by atoms with E-state index in [9.17, 15) is 18.0 Å². The number of alkyl halides is 3. The second-order valence-electron chi connectivity index (χ2n) is 9.59. The van der Waals surface area contributed by atoms with Crippen LogP contribution < -0.4 is 15.1 Å². The highest BCUT2D eigenvalue weighted by Crippen LogP contribution is 2.37. The maximum absolute atomic E-state index is 12.5. The summed E-state index contributed by atoms with van der Waals surface area (Å²) in [6, 6.07) is 15.2. The maximum Gasteiger partial charge on any atom is 0.446 e. The van der Waals surface area contributed by atoms with Crippen molar-refractivity contribution in [2.24, 2.45) is 0 Å². The SMILES string of the molecule is Cc1ccccc1N1CCN(CCCC(=O)NC2CCN(c3ccc(SC(F)(F)F)cc3)CC2)CC1. The molecule has 2 aromatic carbocycles. The van der Waals surface area contributed by atoms with Crippen LogP contribution in [0.15, 0.2) is 53.4 Å². The van der Waals surface area contributed by atoms with Crippen molar-refractivity contribution in [3.8, 4) is 0 Å². The van der Waals surface area contributed by atoms with Gasteiger partial charge in [-0.1, -0.05) is 18.2 Å². The zero-order valence-electron chi connectivity index (χ0n) is 20.8. The van der Waals surface area contributed by atoms with Gasteiger partial charge in [-0.25, -0.2) is 0 Å². The van der Waals surface area contributed by atoms with Crippen molar-refractivity contribution in [3.63, 3.8) is 0 Å². The lowest BCUT2D eigenvalue weighted by Crippen LogP contribution is -2.47. The zero-order chi connectivity index (χ0) is 25.5. The molecule has 2 aliphatic rings. The lowest BCUT2D eigenvalue weighted by atomic mass is 10.0. The number of hydrogen-bond acceptors (Lipinski definition) is 5. The molecular weight excluding hydrogens is 485 g/mol. The first kappa shape index (κ1) is 26.7. The van der Waals surface area contributed by atoms with Gasteiger partial charge < -0.3 is 15.1 Å². The summed E-state index contributed by atoms with van der Waals surface area (Å²) in [4.78, 5) is 19.7. The highest BCUT2D eigenvalue weighted by atomic mass is 32.2. The van der Waals surface area contributed by atoms with Gasteiger partial charge in [0.05, 0.1) is 0 Å². The number of para-hydroxylation sites is 1. The highest BCUT2D eigenvalue weighted by molar-refractivity contribution is 8.00. The summed E-state index contributed by atoms with van der Waals surface area (Å²) in [7, 11) is 0. The van der Waals surface area contributed by atoms with Gasteiger partial charge in [-0.05, 0) is 80.4 Å². The number of carbonyl (C=O) groups is 1. The predicted octanol–water partition coefficient (Wildman–Crippen LogP) is 5.29. The van der Waals surface area contributed by atoms with Gasteiger partial charge in [-0.2, -0.15) is 13.2 Å². The molecule has 0 bridgehead atoms. The summed E-state index contributed by atoms with van der Waals surface area (Å²) in [5.41, 5.74) is -0.713. The second-order valence-corrected chi connectivity index (χ2v) is 10.7. The van der Waals surface area contributed by atoms with E-state index in [1.165, 1.54) is 23.4 Å². The summed E-state index contributed by atoms with van der Waals surface area (Å²) in [5.74, 6) is 0.112. The highest BCUT2D eigenvalue weighted by Gasteiger charge is 2.29. The van der Waals surface area contributed by atoms with Crippen molar-refractivity contribution in [2.45, 2.75) is 49.1 Å². The third-order valence-corrected chi connectivity index (χ3v) is 7.74. The Morgan fingerprint density at radius 1 is 0.944 bits per heavy atom. The van der Waals surface area contributed by atoms with Gasteiger partial charge in [-0.15, -0.1) is 0 Å². The molecule has 0 atom stereocenters. The molecule has 2 aliphatic heterocycles. The molecule has 2 heterocycles. The Morgan fingerprint density at radius 3 is 2.25 bits per heavy atom. The molecular formula is C27H35F3N4OS. The van der Waals surface area contributed by atoms with Crippen LogP contribution in [-0.2, 0) is 4.79 Å². The smallest absolute Gasteiger partial charge is 0.371 e. The number of anilines is 2. The molecule has 1 N–H and O–H groups in total. The van der Waals surface area contributed by atoms with E-state index in [-0.39, 0.29) is 28.6 Å². The van der Waals surface area contributed by atoms with Crippen molar-refractivity contribution in [1.82, 2.24) is 10.2 Å². The topological polar surface area (TPSA) is 38.8 Å². The van der Waals surface area contributed by atoms with Gasteiger partial charge in [0.1, 0.15) is 0 Å². The predicted molar refractivity (Wildman–Crippen MR) is 141 cm³/mol. The third kappa shape index (κ3) is 7.80. The number of piperazine rings is 1. The lowest BCUT2D eigenvalue weighted by Gasteiger charge is -2.37. The number of amides is 1. The summed E-state index contributed by atoms with van der Waals surface area (Å²) < 4.78 is 37.5. The standard InChI is InChI=1S/C27H35F3N4OS/c1-21-5-2-3-6-25(21)34-19-17-32(18-20-34)14-4-7-26(35)31-22-12-15-33(16-13-22)23-8-10-24(11-9-23)36-27(28,29)30/h2-3,5-6,8-11,22H,4,7,12-20H2,1H3,(H,31,35). The first-order valence-electron chi connectivity index (χ1n) is 12.7. The van der Waals surface area contributed by atoms with Gasteiger partial charge >= 0.3 is 5.51 Å². The van der Waals surface area contributed by atoms with E-state index in [0.717, 1.165) is 70.8 Å². The molecule has 2 saturated heterocycles. The molecule has 196 valence electrons. The maximum atomic E-state index is 12.5. The van der Waals surface area contributed by atoms with Crippen molar-refractivity contribution in [1.29, 1.82) is 0 Å². The van der Waals surface area contributed by atoms with Gasteiger partial charge in [0.25, 0.3) is 0 Å². The number of carbonyl (C=O) groups excluding carboxylic acids is 1. The molecule has 5 nitrogen and oxygen atoms in total. The van der Waals surface area contributed by atoms with Crippen molar-refractivity contribution < 1.29 is 18.0 Å². The monoisotopic (exact) mass is 520 g/mol. The summed E-state index contributed by atoms with van der Waals surface area (Å²) in [6.45, 7) is 8.72. The molecule has 0 aromatic heterocycles. The minimum atomic E-state index is -4.27. The van der Waals surface area contributed by atoms with Crippen LogP contribution in [0.5, 0.6) is 0 Å². The number of nitrogens with zero attached hydrogens (tertiary/aromatic N) is 3. The number of rotatable bonds is 8. The quantitative estimate of drug-likeness (QED) is 0.479. The molecule has 36 heavy (non-hydrogen) atoms. The number of piperidine rings is 1. The number of hydrogen-bond donors (Lipinski definition) is 1. The van der Waals surface area contributed by atoms with E-state index >= 15 is 0 Å². The number of benzene rings is 2. The first-order chi connectivity index (χ1) is 17.3. The molecule has 0 saturated carbocycles. The Bertz CT molecular complexity index is 985. The second kappa shape index (κ2) is 12.2. The molecule has 4 rings (SSSR count). The van der Waals surface area contributed by atoms with Gasteiger partial charge in [0.2, 0.25) is 5.91 Å². The Morgan fingerprint density at radius 2 is 1.61 bits per heavy atom. The van der Waals surface area contributed by atoms with E-state index in [1.807, 2.05) is 0 Å². The van der Waals surface area contributed by atoms with Crippen molar-refractivity contribution >= 4 is 29.0 Å². The van der Waals surface area contributed by atoms with Gasteiger partial charge in [0, 0.05) is 68.0 Å². The van der Waals surface area contributed by atoms with Crippen LogP contribution >= 0.6 is 11.8 Å². The van der Waals surface area contributed by atoms with E-state index in [1.54, 1.807) is 12.1 Å². The Kier molecular flexibility index (Phi) is 9.06. The molecule has 1 amide bonds. The number of thioether (sulfide) groups is 1. The van der Waals surface area contributed by atoms with Crippen LogP contribution in [0.25, 0.3) is 0 Å². The fraction of sp³-hybridized carbons (Fsp3) is 0.519. The van der Waals surface area contributed by atoms with Gasteiger partial charge in [-0.3, -0.25) is 9.69 Å².